The number of amides is 1. The van der Waals surface area contributed by atoms with Gasteiger partial charge in [0.25, 0.3) is 0 Å². The van der Waals surface area contributed by atoms with E-state index >= 15 is 0 Å². The number of nitrogens with two attached hydrogens (primary N) is 1. The van der Waals surface area contributed by atoms with E-state index in [9.17, 15) is 9.18 Å². The lowest BCUT2D eigenvalue weighted by molar-refractivity contribution is -0.121. The lowest BCUT2D eigenvalue weighted by atomic mass is 10.0. The first-order valence-electron chi connectivity index (χ1n) is 8.16. The van der Waals surface area contributed by atoms with Crippen LogP contribution in [0.15, 0.2) is 24.3 Å². The van der Waals surface area contributed by atoms with Gasteiger partial charge in [0.2, 0.25) is 5.91 Å². The van der Waals surface area contributed by atoms with Gasteiger partial charge in [0.1, 0.15) is 5.82 Å². The number of hydrogen-bond donors (Lipinski definition) is 2. The molecule has 1 amide bonds. The lowest BCUT2D eigenvalue weighted by Gasteiger charge is -2.35. The quantitative estimate of drug-likeness (QED) is 0.797. The van der Waals surface area contributed by atoms with Crippen LogP contribution in [0.3, 0.4) is 0 Å². The summed E-state index contributed by atoms with van der Waals surface area (Å²) >= 11 is 0. The first-order chi connectivity index (χ1) is 11.1. The summed E-state index contributed by atoms with van der Waals surface area (Å²) in [6, 6.07) is 6.53. The Hall–Kier alpha value is -1.50. The van der Waals surface area contributed by atoms with Gasteiger partial charge in [-0.15, -0.1) is 0 Å². The fourth-order valence-corrected chi connectivity index (χ4v) is 2.69. The second-order valence-corrected chi connectivity index (χ2v) is 6.04. The second kappa shape index (κ2) is 8.96. The Morgan fingerprint density at radius 1 is 1.35 bits per heavy atom. The molecule has 1 heterocycles. The Kier molecular flexibility index (Phi) is 6.95. The van der Waals surface area contributed by atoms with Gasteiger partial charge in [-0.25, -0.2) is 4.39 Å². The van der Waals surface area contributed by atoms with Gasteiger partial charge < -0.3 is 15.8 Å². The van der Waals surface area contributed by atoms with Crippen molar-refractivity contribution in [3.8, 4) is 0 Å². The van der Waals surface area contributed by atoms with Gasteiger partial charge in [-0.1, -0.05) is 12.1 Å². The van der Waals surface area contributed by atoms with Crippen LogP contribution in [0.1, 0.15) is 31.4 Å². The number of benzene rings is 1. The van der Waals surface area contributed by atoms with Gasteiger partial charge in [0.05, 0.1) is 19.3 Å². The molecule has 0 spiro atoms. The molecule has 1 aromatic carbocycles. The largest absolute Gasteiger partial charge is 0.379 e. The molecule has 1 aromatic rings. The van der Waals surface area contributed by atoms with Crippen LogP contribution >= 0.6 is 0 Å². The molecule has 0 bridgehead atoms. The zero-order valence-electron chi connectivity index (χ0n) is 13.6. The first-order valence-corrected chi connectivity index (χ1v) is 8.16. The number of rotatable bonds is 7. The minimum atomic E-state index is -0.254. The summed E-state index contributed by atoms with van der Waals surface area (Å²) < 4.78 is 18.6. The Bertz CT molecular complexity index is 487. The van der Waals surface area contributed by atoms with Gasteiger partial charge in [-0.05, 0) is 31.0 Å². The molecule has 23 heavy (non-hydrogen) atoms. The molecule has 6 heteroatoms. The topological polar surface area (TPSA) is 67.6 Å². The number of ether oxygens (including phenoxy) is 1. The smallest absolute Gasteiger partial charge is 0.220 e. The predicted octanol–water partition coefficient (Wildman–Crippen LogP) is 1.44. The maximum Gasteiger partial charge on any atom is 0.220 e. The predicted molar refractivity (Wildman–Crippen MR) is 87.4 cm³/mol. The van der Waals surface area contributed by atoms with Crippen molar-refractivity contribution in [2.24, 2.45) is 5.73 Å². The van der Waals surface area contributed by atoms with E-state index in [1.54, 1.807) is 12.1 Å². The number of nitrogens with one attached hydrogen (secondary N) is 1. The van der Waals surface area contributed by atoms with E-state index in [0.29, 0.717) is 32.6 Å². The molecule has 2 unspecified atom stereocenters. The van der Waals surface area contributed by atoms with E-state index in [0.717, 1.165) is 18.7 Å². The molecule has 0 radical (unpaired) electrons. The molecule has 128 valence electrons. The van der Waals surface area contributed by atoms with Crippen LogP contribution in [0, 0.1) is 5.82 Å². The van der Waals surface area contributed by atoms with Gasteiger partial charge in [-0.3, -0.25) is 9.69 Å². The van der Waals surface area contributed by atoms with Gasteiger partial charge in [0.15, 0.2) is 0 Å². The van der Waals surface area contributed by atoms with Crippen LogP contribution in [0.25, 0.3) is 0 Å². The average molecular weight is 323 g/mol. The summed E-state index contributed by atoms with van der Waals surface area (Å²) in [5.41, 5.74) is 6.68. The van der Waals surface area contributed by atoms with Crippen molar-refractivity contribution in [1.29, 1.82) is 0 Å². The normalized spacial score (nSPS) is 18.4. The summed E-state index contributed by atoms with van der Waals surface area (Å²) in [6.07, 6.45) is 1.10. The first kappa shape index (κ1) is 17.8. The van der Waals surface area contributed by atoms with Crippen molar-refractivity contribution in [3.05, 3.63) is 35.6 Å². The van der Waals surface area contributed by atoms with Crippen LogP contribution in [-0.2, 0) is 9.53 Å². The number of carbonyl (C=O) groups is 1. The summed E-state index contributed by atoms with van der Waals surface area (Å²) in [6.45, 7) is 5.36. The summed E-state index contributed by atoms with van der Waals surface area (Å²) in [5, 5.41) is 2.98. The number of halogens is 1. The summed E-state index contributed by atoms with van der Waals surface area (Å²) in [5.74, 6) is -0.252. The van der Waals surface area contributed by atoms with Crippen LogP contribution < -0.4 is 11.1 Å². The fraction of sp³-hybridized carbons (Fsp3) is 0.588. The van der Waals surface area contributed by atoms with Crippen molar-refractivity contribution >= 4 is 5.91 Å². The Morgan fingerprint density at radius 3 is 2.61 bits per heavy atom. The fourth-order valence-electron chi connectivity index (χ4n) is 2.69. The van der Waals surface area contributed by atoms with E-state index in [-0.39, 0.29) is 23.8 Å². The highest BCUT2D eigenvalue weighted by Crippen LogP contribution is 2.21. The molecule has 1 aliphatic rings. The van der Waals surface area contributed by atoms with Crippen LogP contribution in [0.4, 0.5) is 4.39 Å². The van der Waals surface area contributed by atoms with Crippen LogP contribution in [0.5, 0.6) is 0 Å². The van der Waals surface area contributed by atoms with E-state index in [1.807, 2.05) is 6.92 Å². The van der Waals surface area contributed by atoms with Gasteiger partial charge >= 0.3 is 0 Å². The molecular formula is C17H26FN3O2. The number of morpholine rings is 1. The third-order valence-electron chi connectivity index (χ3n) is 4.06. The Morgan fingerprint density at radius 2 is 2.00 bits per heavy atom. The van der Waals surface area contributed by atoms with Crippen molar-refractivity contribution in [2.75, 3.05) is 32.8 Å². The minimum Gasteiger partial charge on any atom is -0.379 e. The SMILES string of the molecule is CC(N)CCC(=O)NCC(c1ccc(F)cc1)N1CCOCC1. The molecule has 1 fully saturated rings. The van der Waals surface area contributed by atoms with E-state index in [1.165, 1.54) is 12.1 Å². The zero-order chi connectivity index (χ0) is 16.7. The highest BCUT2D eigenvalue weighted by atomic mass is 19.1. The lowest BCUT2D eigenvalue weighted by Crippen LogP contribution is -2.43. The van der Waals surface area contributed by atoms with Crippen molar-refractivity contribution in [2.45, 2.75) is 31.8 Å². The van der Waals surface area contributed by atoms with Crippen LogP contribution in [0.2, 0.25) is 0 Å². The van der Waals surface area contributed by atoms with E-state index in [2.05, 4.69) is 10.2 Å². The third kappa shape index (κ3) is 5.89. The van der Waals surface area contributed by atoms with Gasteiger partial charge in [0, 0.05) is 32.1 Å². The molecule has 5 nitrogen and oxygen atoms in total. The van der Waals surface area contributed by atoms with Crippen molar-refractivity contribution in [3.63, 3.8) is 0 Å². The molecule has 0 aliphatic carbocycles. The van der Waals surface area contributed by atoms with Crippen molar-refractivity contribution < 1.29 is 13.9 Å². The molecule has 2 rings (SSSR count). The molecule has 0 saturated carbocycles. The highest BCUT2D eigenvalue weighted by molar-refractivity contribution is 5.75. The highest BCUT2D eigenvalue weighted by Gasteiger charge is 2.23. The molecule has 0 aromatic heterocycles. The van der Waals surface area contributed by atoms with Crippen molar-refractivity contribution in [1.82, 2.24) is 10.2 Å². The number of nitrogens with zero attached hydrogens (tertiary/aromatic N) is 1. The average Bonchev–Trinajstić information content (AvgIpc) is 2.55. The maximum absolute atomic E-state index is 13.2. The van der Waals surface area contributed by atoms with Gasteiger partial charge in [-0.2, -0.15) is 0 Å². The Labute approximate surface area is 137 Å². The molecular weight excluding hydrogens is 297 g/mol. The molecule has 1 aliphatic heterocycles. The monoisotopic (exact) mass is 323 g/mol. The standard InChI is InChI=1S/C17H26FN3O2/c1-13(19)2-7-17(22)20-12-16(21-8-10-23-11-9-21)14-3-5-15(18)6-4-14/h3-6,13,16H,2,7-12,19H2,1H3,(H,20,22). The zero-order valence-corrected chi connectivity index (χ0v) is 13.6. The molecule has 2 atom stereocenters. The number of hydrogen-bond acceptors (Lipinski definition) is 4. The molecule has 3 N–H and O–H groups in total. The molecule has 1 saturated heterocycles. The maximum atomic E-state index is 13.2. The second-order valence-electron chi connectivity index (χ2n) is 6.04. The van der Waals surface area contributed by atoms with Crippen LogP contribution in [-0.4, -0.2) is 49.7 Å². The van der Waals surface area contributed by atoms with E-state index in [4.69, 9.17) is 10.5 Å². The summed E-state index contributed by atoms with van der Waals surface area (Å²) in [7, 11) is 0. The Balaban J connectivity index is 1.98. The minimum absolute atomic E-state index is 0.00247. The third-order valence-corrected chi connectivity index (χ3v) is 4.06. The summed E-state index contributed by atoms with van der Waals surface area (Å²) in [4.78, 5) is 14.2. The van der Waals surface area contributed by atoms with E-state index < -0.39 is 0 Å². The number of carbonyl (C=O) groups excluding carboxylic acids is 1.